The second kappa shape index (κ2) is 7.85. The Hall–Kier alpha value is -0.610. The van der Waals surface area contributed by atoms with Crippen molar-refractivity contribution in [2.75, 3.05) is 39.3 Å². The molecule has 1 saturated heterocycles. The van der Waals surface area contributed by atoms with Gasteiger partial charge in [-0.05, 0) is 59.3 Å². The monoisotopic (exact) mass is 269 g/mol. The molecular weight excluding hydrogens is 238 g/mol. The molecule has 0 spiro atoms. The first kappa shape index (κ1) is 16.4. The molecule has 1 atom stereocenters. The van der Waals surface area contributed by atoms with E-state index in [-0.39, 0.29) is 11.4 Å². The zero-order valence-corrected chi connectivity index (χ0v) is 13.2. The SMILES string of the molecule is CCN(CC)CCCN(CC)C(=O)C1(C)CCCN1. The van der Waals surface area contributed by atoms with E-state index < -0.39 is 0 Å². The van der Waals surface area contributed by atoms with Crippen LogP contribution in [0.3, 0.4) is 0 Å². The maximum atomic E-state index is 12.6. The van der Waals surface area contributed by atoms with Gasteiger partial charge in [0, 0.05) is 13.1 Å². The summed E-state index contributed by atoms with van der Waals surface area (Å²) in [6, 6.07) is 0. The maximum absolute atomic E-state index is 12.6. The molecule has 0 aliphatic carbocycles. The molecule has 1 aliphatic rings. The fraction of sp³-hybridized carbons (Fsp3) is 0.933. The molecule has 1 aliphatic heterocycles. The van der Waals surface area contributed by atoms with Gasteiger partial charge < -0.3 is 15.1 Å². The van der Waals surface area contributed by atoms with Gasteiger partial charge in [0.25, 0.3) is 0 Å². The smallest absolute Gasteiger partial charge is 0.242 e. The van der Waals surface area contributed by atoms with Gasteiger partial charge in [0.2, 0.25) is 5.91 Å². The van der Waals surface area contributed by atoms with Crippen molar-refractivity contribution in [1.29, 1.82) is 0 Å². The van der Waals surface area contributed by atoms with Crippen molar-refractivity contribution in [2.24, 2.45) is 0 Å². The lowest BCUT2D eigenvalue weighted by molar-refractivity contribution is -0.137. The molecule has 0 aromatic rings. The lowest BCUT2D eigenvalue weighted by Crippen LogP contribution is -2.53. The van der Waals surface area contributed by atoms with E-state index in [0.717, 1.165) is 58.5 Å². The van der Waals surface area contributed by atoms with Gasteiger partial charge in [-0.2, -0.15) is 0 Å². The number of carbonyl (C=O) groups excluding carboxylic acids is 1. The molecule has 0 aromatic carbocycles. The first-order chi connectivity index (χ1) is 9.07. The number of hydrogen-bond donors (Lipinski definition) is 1. The molecule has 4 heteroatoms. The molecule has 19 heavy (non-hydrogen) atoms. The van der Waals surface area contributed by atoms with Gasteiger partial charge in [0.15, 0.2) is 0 Å². The van der Waals surface area contributed by atoms with Crippen LogP contribution in [0.5, 0.6) is 0 Å². The quantitative estimate of drug-likeness (QED) is 0.728. The van der Waals surface area contributed by atoms with Gasteiger partial charge in [-0.25, -0.2) is 0 Å². The zero-order chi connectivity index (χ0) is 14.3. The first-order valence-electron chi connectivity index (χ1n) is 7.84. The highest BCUT2D eigenvalue weighted by atomic mass is 16.2. The number of amides is 1. The lowest BCUT2D eigenvalue weighted by Gasteiger charge is -2.31. The number of rotatable bonds is 8. The third-order valence-corrected chi connectivity index (χ3v) is 4.31. The topological polar surface area (TPSA) is 35.6 Å². The van der Waals surface area contributed by atoms with Gasteiger partial charge in [-0.1, -0.05) is 13.8 Å². The van der Waals surface area contributed by atoms with Gasteiger partial charge in [0.05, 0.1) is 5.54 Å². The largest absolute Gasteiger partial charge is 0.341 e. The Morgan fingerprint density at radius 1 is 1.16 bits per heavy atom. The van der Waals surface area contributed by atoms with Crippen molar-refractivity contribution in [1.82, 2.24) is 15.1 Å². The summed E-state index contributed by atoms with van der Waals surface area (Å²) in [6.07, 6.45) is 3.15. The van der Waals surface area contributed by atoms with Crippen LogP contribution >= 0.6 is 0 Å². The van der Waals surface area contributed by atoms with Crippen molar-refractivity contribution in [2.45, 2.75) is 52.5 Å². The van der Waals surface area contributed by atoms with E-state index in [4.69, 9.17) is 0 Å². The van der Waals surface area contributed by atoms with Crippen LogP contribution in [0.25, 0.3) is 0 Å². The second-order valence-corrected chi connectivity index (χ2v) is 5.63. The van der Waals surface area contributed by atoms with E-state index in [1.165, 1.54) is 0 Å². The van der Waals surface area contributed by atoms with Crippen molar-refractivity contribution in [3.05, 3.63) is 0 Å². The molecule has 0 bridgehead atoms. The number of carbonyl (C=O) groups is 1. The number of hydrogen-bond acceptors (Lipinski definition) is 3. The summed E-state index contributed by atoms with van der Waals surface area (Å²) in [5.41, 5.74) is -0.314. The average molecular weight is 269 g/mol. The molecule has 1 N–H and O–H groups in total. The van der Waals surface area contributed by atoms with Crippen molar-refractivity contribution in [3.8, 4) is 0 Å². The van der Waals surface area contributed by atoms with Gasteiger partial charge in [0.1, 0.15) is 0 Å². The molecule has 1 amide bonds. The predicted octanol–water partition coefficient (Wildman–Crippen LogP) is 1.71. The van der Waals surface area contributed by atoms with Crippen LogP contribution in [-0.2, 0) is 4.79 Å². The summed E-state index contributed by atoms with van der Waals surface area (Å²) in [4.78, 5) is 17.0. The van der Waals surface area contributed by atoms with Gasteiger partial charge in [-0.15, -0.1) is 0 Å². The van der Waals surface area contributed by atoms with E-state index in [9.17, 15) is 4.79 Å². The fourth-order valence-electron chi connectivity index (χ4n) is 2.85. The summed E-state index contributed by atoms with van der Waals surface area (Å²) in [5, 5.41) is 3.37. The first-order valence-corrected chi connectivity index (χ1v) is 7.84. The summed E-state index contributed by atoms with van der Waals surface area (Å²) in [7, 11) is 0. The Bertz CT molecular complexity index is 271. The second-order valence-electron chi connectivity index (χ2n) is 5.63. The van der Waals surface area contributed by atoms with Crippen LogP contribution in [0.2, 0.25) is 0 Å². The molecule has 0 radical (unpaired) electrons. The highest BCUT2D eigenvalue weighted by Crippen LogP contribution is 2.21. The molecule has 0 saturated carbocycles. The maximum Gasteiger partial charge on any atom is 0.242 e. The Balaban J connectivity index is 2.42. The lowest BCUT2D eigenvalue weighted by atomic mass is 9.98. The Morgan fingerprint density at radius 3 is 2.32 bits per heavy atom. The average Bonchev–Trinajstić information content (AvgIpc) is 2.87. The zero-order valence-electron chi connectivity index (χ0n) is 13.2. The Labute approximate surface area is 118 Å². The minimum absolute atomic E-state index is 0.284. The molecule has 4 nitrogen and oxygen atoms in total. The van der Waals surface area contributed by atoms with E-state index in [1.54, 1.807) is 0 Å². The van der Waals surface area contributed by atoms with Crippen LogP contribution in [0.1, 0.15) is 47.0 Å². The molecule has 1 rings (SSSR count). The third kappa shape index (κ3) is 4.46. The summed E-state index contributed by atoms with van der Waals surface area (Å²) >= 11 is 0. The van der Waals surface area contributed by atoms with Crippen molar-refractivity contribution < 1.29 is 4.79 Å². The van der Waals surface area contributed by atoms with E-state index >= 15 is 0 Å². The minimum atomic E-state index is -0.314. The molecular formula is C15H31N3O. The third-order valence-electron chi connectivity index (χ3n) is 4.31. The highest BCUT2D eigenvalue weighted by Gasteiger charge is 2.38. The summed E-state index contributed by atoms with van der Waals surface area (Å²) in [5.74, 6) is 0.284. The van der Waals surface area contributed by atoms with Crippen molar-refractivity contribution in [3.63, 3.8) is 0 Å². The predicted molar refractivity (Wildman–Crippen MR) is 80.3 cm³/mol. The Kier molecular flexibility index (Phi) is 6.80. The number of likely N-dealkylation sites (N-methyl/N-ethyl adjacent to an activating group) is 1. The normalized spacial score (nSPS) is 23.0. The van der Waals surface area contributed by atoms with Gasteiger partial charge in [-0.3, -0.25) is 4.79 Å². The molecule has 1 heterocycles. The number of nitrogens with zero attached hydrogens (tertiary/aromatic N) is 2. The van der Waals surface area contributed by atoms with E-state index in [2.05, 4.69) is 37.9 Å². The van der Waals surface area contributed by atoms with Crippen LogP contribution in [0.4, 0.5) is 0 Å². The Morgan fingerprint density at radius 2 is 1.84 bits per heavy atom. The minimum Gasteiger partial charge on any atom is -0.341 e. The van der Waals surface area contributed by atoms with E-state index in [0.29, 0.717) is 0 Å². The summed E-state index contributed by atoms with van der Waals surface area (Å²) < 4.78 is 0. The van der Waals surface area contributed by atoms with Crippen LogP contribution in [-0.4, -0.2) is 60.5 Å². The molecule has 0 aromatic heterocycles. The van der Waals surface area contributed by atoms with Crippen LogP contribution in [0.15, 0.2) is 0 Å². The molecule has 1 unspecified atom stereocenters. The van der Waals surface area contributed by atoms with Crippen LogP contribution in [0, 0.1) is 0 Å². The van der Waals surface area contributed by atoms with E-state index in [1.807, 2.05) is 4.90 Å². The van der Waals surface area contributed by atoms with Crippen LogP contribution < -0.4 is 5.32 Å². The number of nitrogens with one attached hydrogen (secondary N) is 1. The standard InChI is InChI=1S/C15H31N3O/c1-5-17(6-2)12-9-13-18(7-3)14(19)15(4)10-8-11-16-15/h16H,5-13H2,1-4H3. The highest BCUT2D eigenvalue weighted by molar-refractivity contribution is 5.86. The summed E-state index contributed by atoms with van der Waals surface area (Å²) in [6.45, 7) is 14.4. The van der Waals surface area contributed by atoms with Crippen molar-refractivity contribution >= 4 is 5.91 Å². The molecule has 112 valence electrons. The van der Waals surface area contributed by atoms with Gasteiger partial charge >= 0.3 is 0 Å². The fourth-order valence-corrected chi connectivity index (χ4v) is 2.85. The molecule has 1 fully saturated rings.